The van der Waals surface area contributed by atoms with Crippen molar-refractivity contribution in [2.24, 2.45) is 0 Å². The maximum atomic E-state index is 12.3. The largest absolute Gasteiger partial charge is 0.446 e. The first kappa shape index (κ1) is 14.6. The first-order valence-electron chi connectivity index (χ1n) is 4.85. The number of carbonyl (C=O) groups is 1. The second-order valence-electron chi connectivity index (χ2n) is 3.24. The van der Waals surface area contributed by atoms with Gasteiger partial charge in [-0.1, -0.05) is 35.0 Å². The summed E-state index contributed by atoms with van der Waals surface area (Å²) in [4.78, 5) is 11.7. The molecule has 0 saturated heterocycles. The fourth-order valence-corrected chi connectivity index (χ4v) is 2.87. The molecule has 6 heteroatoms. The lowest BCUT2D eigenvalue weighted by atomic mass is 10.0. The summed E-state index contributed by atoms with van der Waals surface area (Å²) in [5, 5.41) is 0.229. The van der Waals surface area contributed by atoms with E-state index in [1.807, 2.05) is 0 Å². The van der Waals surface area contributed by atoms with Gasteiger partial charge in [0.2, 0.25) is 0 Å². The number of benzene rings is 1. The van der Waals surface area contributed by atoms with Crippen molar-refractivity contribution in [3.8, 4) is 0 Å². The van der Waals surface area contributed by atoms with E-state index in [9.17, 15) is 18.0 Å². The van der Waals surface area contributed by atoms with Gasteiger partial charge >= 0.3 is 5.51 Å². The monoisotopic (exact) mass is 326 g/mol. The first-order chi connectivity index (χ1) is 7.89. The van der Waals surface area contributed by atoms with Gasteiger partial charge in [0.05, 0.1) is 0 Å². The van der Waals surface area contributed by atoms with Crippen molar-refractivity contribution in [2.45, 2.75) is 29.1 Å². The Balaban J connectivity index is 3.19. The minimum absolute atomic E-state index is 0.0775. The average Bonchev–Trinajstić information content (AvgIpc) is 2.25. The van der Waals surface area contributed by atoms with Crippen molar-refractivity contribution in [2.75, 3.05) is 0 Å². The SMILES string of the molecule is CCC(=O)c1cccc(SC(F)(F)F)c1CBr. The Morgan fingerprint density at radius 1 is 1.41 bits per heavy atom. The molecule has 0 atom stereocenters. The average molecular weight is 327 g/mol. The molecule has 1 aromatic carbocycles. The highest BCUT2D eigenvalue weighted by atomic mass is 79.9. The molecule has 0 aliphatic heterocycles. The van der Waals surface area contributed by atoms with Crippen LogP contribution in [0.2, 0.25) is 0 Å². The summed E-state index contributed by atoms with van der Waals surface area (Å²) < 4.78 is 37.0. The topological polar surface area (TPSA) is 17.1 Å². The number of hydrogen-bond acceptors (Lipinski definition) is 2. The van der Waals surface area contributed by atoms with Crippen LogP contribution in [0.25, 0.3) is 0 Å². The van der Waals surface area contributed by atoms with Gasteiger partial charge in [0, 0.05) is 22.2 Å². The molecule has 0 fully saturated rings. The summed E-state index contributed by atoms with van der Waals surface area (Å²) in [6.45, 7) is 1.68. The van der Waals surface area contributed by atoms with E-state index in [0.29, 0.717) is 11.1 Å². The quantitative estimate of drug-likeness (QED) is 0.449. The highest BCUT2D eigenvalue weighted by Crippen LogP contribution is 2.40. The van der Waals surface area contributed by atoms with Gasteiger partial charge in [-0.3, -0.25) is 4.79 Å². The van der Waals surface area contributed by atoms with E-state index in [-0.39, 0.29) is 34.2 Å². The Hall–Kier alpha value is -0.490. The summed E-state index contributed by atoms with van der Waals surface area (Å²) in [7, 11) is 0. The second-order valence-corrected chi connectivity index (χ2v) is 4.91. The third-order valence-corrected chi connectivity index (χ3v) is 3.51. The maximum absolute atomic E-state index is 12.3. The minimum Gasteiger partial charge on any atom is -0.294 e. The van der Waals surface area contributed by atoms with Gasteiger partial charge in [-0.25, -0.2) is 0 Å². The van der Waals surface area contributed by atoms with Gasteiger partial charge in [-0.05, 0) is 23.4 Å². The predicted molar refractivity (Wildman–Crippen MR) is 65.6 cm³/mol. The van der Waals surface area contributed by atoms with Crippen molar-refractivity contribution in [1.82, 2.24) is 0 Å². The highest BCUT2D eigenvalue weighted by Gasteiger charge is 2.31. The lowest BCUT2D eigenvalue weighted by Crippen LogP contribution is -2.05. The molecule has 0 saturated carbocycles. The number of thioether (sulfide) groups is 1. The molecule has 0 aromatic heterocycles. The Labute approximate surface area is 110 Å². The molecule has 0 aliphatic carbocycles. The van der Waals surface area contributed by atoms with Crippen molar-refractivity contribution in [3.05, 3.63) is 29.3 Å². The lowest BCUT2D eigenvalue weighted by molar-refractivity contribution is -0.0328. The van der Waals surface area contributed by atoms with E-state index in [1.54, 1.807) is 13.0 Å². The van der Waals surface area contributed by atoms with E-state index in [1.165, 1.54) is 12.1 Å². The van der Waals surface area contributed by atoms with Crippen LogP contribution in [0.3, 0.4) is 0 Å². The van der Waals surface area contributed by atoms with E-state index in [2.05, 4.69) is 15.9 Å². The summed E-state index contributed by atoms with van der Waals surface area (Å²) >= 11 is 2.94. The Bertz CT molecular complexity index is 418. The highest BCUT2D eigenvalue weighted by molar-refractivity contribution is 9.08. The van der Waals surface area contributed by atoms with E-state index in [0.717, 1.165) is 0 Å². The molecule has 1 rings (SSSR count). The van der Waals surface area contributed by atoms with Crippen LogP contribution in [-0.4, -0.2) is 11.3 Å². The van der Waals surface area contributed by atoms with Crippen molar-refractivity contribution >= 4 is 33.5 Å². The molecule has 0 radical (unpaired) electrons. The number of Topliss-reactive ketones (excluding diaryl/α,β-unsaturated/α-hetero) is 1. The van der Waals surface area contributed by atoms with Gasteiger partial charge in [-0.2, -0.15) is 13.2 Å². The van der Waals surface area contributed by atoms with Gasteiger partial charge in [-0.15, -0.1) is 0 Å². The molecular formula is C11H10BrF3OS. The van der Waals surface area contributed by atoms with Crippen molar-refractivity contribution in [3.63, 3.8) is 0 Å². The van der Waals surface area contributed by atoms with Crippen LogP contribution in [0.1, 0.15) is 29.3 Å². The fourth-order valence-electron chi connectivity index (χ4n) is 1.38. The number of ketones is 1. The number of halogens is 4. The van der Waals surface area contributed by atoms with Crippen LogP contribution in [-0.2, 0) is 5.33 Å². The Morgan fingerprint density at radius 2 is 2.06 bits per heavy atom. The van der Waals surface area contributed by atoms with Gasteiger partial charge in [0.1, 0.15) is 0 Å². The molecule has 1 aromatic rings. The summed E-state index contributed by atoms with van der Waals surface area (Å²) in [5.74, 6) is -0.149. The zero-order chi connectivity index (χ0) is 13.1. The number of alkyl halides is 4. The molecule has 0 spiro atoms. The normalized spacial score (nSPS) is 11.6. The third-order valence-electron chi connectivity index (χ3n) is 2.11. The molecule has 0 unspecified atom stereocenters. The fraction of sp³-hybridized carbons (Fsp3) is 0.364. The first-order valence-corrected chi connectivity index (χ1v) is 6.79. The van der Waals surface area contributed by atoms with E-state index in [4.69, 9.17) is 0 Å². The smallest absolute Gasteiger partial charge is 0.294 e. The minimum atomic E-state index is -4.34. The molecule has 17 heavy (non-hydrogen) atoms. The number of rotatable bonds is 4. The van der Waals surface area contributed by atoms with E-state index >= 15 is 0 Å². The Kier molecular flexibility index (Phi) is 5.06. The summed E-state index contributed by atoms with van der Waals surface area (Å²) in [6, 6.07) is 4.41. The van der Waals surface area contributed by atoms with Crippen LogP contribution in [0.4, 0.5) is 13.2 Å². The van der Waals surface area contributed by atoms with Gasteiger partial charge in [0.15, 0.2) is 5.78 Å². The van der Waals surface area contributed by atoms with Gasteiger partial charge in [0.25, 0.3) is 0 Å². The van der Waals surface area contributed by atoms with E-state index < -0.39 is 5.51 Å². The molecule has 94 valence electrons. The van der Waals surface area contributed by atoms with Crippen molar-refractivity contribution < 1.29 is 18.0 Å². The summed E-state index contributed by atoms with van der Waals surface area (Å²) in [6.07, 6.45) is 0.278. The van der Waals surface area contributed by atoms with Crippen LogP contribution in [0.15, 0.2) is 23.1 Å². The standard InChI is InChI=1S/C11H10BrF3OS/c1-2-9(16)7-4-3-5-10(8(7)6-12)17-11(13,14)15/h3-5H,2,6H2,1H3. The predicted octanol–water partition coefficient (Wildman–Crippen LogP) is 4.79. The molecular weight excluding hydrogens is 317 g/mol. The van der Waals surface area contributed by atoms with Crippen LogP contribution in [0, 0.1) is 0 Å². The van der Waals surface area contributed by atoms with Crippen LogP contribution in [0.5, 0.6) is 0 Å². The summed E-state index contributed by atoms with van der Waals surface area (Å²) in [5.41, 5.74) is -3.58. The molecule has 0 heterocycles. The zero-order valence-corrected chi connectivity index (χ0v) is 11.4. The maximum Gasteiger partial charge on any atom is 0.446 e. The molecule has 0 bridgehead atoms. The molecule has 1 nitrogen and oxygen atoms in total. The molecule has 0 N–H and O–H groups in total. The third kappa shape index (κ3) is 4.03. The lowest BCUT2D eigenvalue weighted by Gasteiger charge is -2.12. The van der Waals surface area contributed by atoms with Crippen molar-refractivity contribution in [1.29, 1.82) is 0 Å². The van der Waals surface area contributed by atoms with Gasteiger partial charge < -0.3 is 0 Å². The number of hydrogen-bond donors (Lipinski definition) is 0. The Morgan fingerprint density at radius 3 is 2.53 bits per heavy atom. The number of carbonyl (C=O) groups excluding carboxylic acids is 1. The molecule has 0 amide bonds. The molecule has 0 aliphatic rings. The van der Waals surface area contributed by atoms with Crippen LogP contribution >= 0.6 is 27.7 Å². The second kappa shape index (κ2) is 5.91. The van der Waals surface area contributed by atoms with Crippen LogP contribution < -0.4 is 0 Å². The zero-order valence-electron chi connectivity index (χ0n) is 8.97.